The molecule has 1 unspecified atom stereocenters. The second-order valence-electron chi connectivity index (χ2n) is 7.22. The lowest BCUT2D eigenvalue weighted by molar-refractivity contribution is 0.0169. The molecular formula is C22H38N4O3. The quantitative estimate of drug-likeness (QED) is 0.335. The third-order valence-electron chi connectivity index (χ3n) is 5.29. The van der Waals surface area contributed by atoms with Gasteiger partial charge in [-0.2, -0.15) is 0 Å². The molecule has 7 heteroatoms. The van der Waals surface area contributed by atoms with Crippen LogP contribution < -0.4 is 20.1 Å². The van der Waals surface area contributed by atoms with Crippen LogP contribution in [0, 0.1) is 0 Å². The van der Waals surface area contributed by atoms with Crippen LogP contribution in [0.15, 0.2) is 23.2 Å². The van der Waals surface area contributed by atoms with Crippen molar-refractivity contribution in [3.63, 3.8) is 0 Å². The summed E-state index contributed by atoms with van der Waals surface area (Å²) in [5, 5.41) is 6.94. The predicted molar refractivity (Wildman–Crippen MR) is 118 cm³/mol. The number of benzene rings is 1. The second kappa shape index (κ2) is 13.3. The number of unbranched alkanes of at least 4 members (excludes halogenated alkanes) is 3. The molecule has 164 valence electrons. The minimum absolute atomic E-state index is 0.192. The Balaban J connectivity index is 2.04. The number of guanidine groups is 1. The average molecular weight is 407 g/mol. The zero-order chi connectivity index (χ0) is 20.9. The molecule has 0 aromatic heterocycles. The summed E-state index contributed by atoms with van der Waals surface area (Å²) < 4.78 is 16.5. The highest BCUT2D eigenvalue weighted by molar-refractivity contribution is 5.79. The van der Waals surface area contributed by atoms with Gasteiger partial charge >= 0.3 is 0 Å². The van der Waals surface area contributed by atoms with Crippen LogP contribution in [0.25, 0.3) is 0 Å². The van der Waals surface area contributed by atoms with E-state index in [1.807, 2.05) is 13.1 Å². The summed E-state index contributed by atoms with van der Waals surface area (Å²) in [4.78, 5) is 6.83. The molecule has 2 N–H and O–H groups in total. The third kappa shape index (κ3) is 7.40. The van der Waals surface area contributed by atoms with Crippen LogP contribution in [0.4, 0.5) is 0 Å². The molecule has 0 aliphatic carbocycles. The van der Waals surface area contributed by atoms with Crippen molar-refractivity contribution in [3.05, 3.63) is 23.8 Å². The Kier molecular flexibility index (Phi) is 10.7. The van der Waals surface area contributed by atoms with Crippen LogP contribution >= 0.6 is 0 Å². The first-order valence-electron chi connectivity index (χ1n) is 10.7. The fraction of sp³-hybridized carbons (Fsp3) is 0.682. The molecular weight excluding hydrogens is 368 g/mol. The highest BCUT2D eigenvalue weighted by Gasteiger charge is 2.24. The van der Waals surface area contributed by atoms with Crippen molar-refractivity contribution >= 4 is 5.96 Å². The number of morpholine rings is 1. The van der Waals surface area contributed by atoms with Gasteiger partial charge in [-0.25, -0.2) is 0 Å². The maximum atomic E-state index is 5.56. The fourth-order valence-electron chi connectivity index (χ4n) is 3.58. The predicted octanol–water partition coefficient (Wildman–Crippen LogP) is 2.82. The average Bonchev–Trinajstić information content (AvgIpc) is 2.78. The van der Waals surface area contributed by atoms with Gasteiger partial charge in [-0.15, -0.1) is 0 Å². The first-order chi connectivity index (χ1) is 14.2. The minimum Gasteiger partial charge on any atom is -0.493 e. The molecule has 0 radical (unpaired) electrons. The van der Waals surface area contributed by atoms with Gasteiger partial charge in [-0.3, -0.25) is 9.89 Å². The highest BCUT2D eigenvalue weighted by Crippen LogP contribution is 2.32. The lowest BCUT2D eigenvalue weighted by Crippen LogP contribution is -2.46. The van der Waals surface area contributed by atoms with E-state index in [4.69, 9.17) is 14.2 Å². The van der Waals surface area contributed by atoms with Crippen molar-refractivity contribution in [3.8, 4) is 11.5 Å². The minimum atomic E-state index is 0.192. The molecule has 1 atom stereocenters. The van der Waals surface area contributed by atoms with Gasteiger partial charge in [-0.05, 0) is 24.1 Å². The van der Waals surface area contributed by atoms with Gasteiger partial charge in [0, 0.05) is 33.2 Å². The molecule has 0 amide bonds. The summed E-state index contributed by atoms with van der Waals surface area (Å²) in [5.41, 5.74) is 1.19. The van der Waals surface area contributed by atoms with Crippen LogP contribution in [0.5, 0.6) is 11.5 Å². The Morgan fingerprint density at radius 3 is 2.52 bits per heavy atom. The van der Waals surface area contributed by atoms with Crippen molar-refractivity contribution in [1.82, 2.24) is 15.5 Å². The normalized spacial score (nSPS) is 16.3. The van der Waals surface area contributed by atoms with E-state index in [2.05, 4.69) is 39.6 Å². The molecule has 2 rings (SSSR count). The summed E-state index contributed by atoms with van der Waals surface area (Å²) in [6, 6.07) is 6.35. The van der Waals surface area contributed by atoms with Gasteiger partial charge < -0.3 is 24.8 Å². The van der Waals surface area contributed by atoms with E-state index in [0.717, 1.165) is 63.3 Å². The number of ether oxygens (including phenoxy) is 3. The Morgan fingerprint density at radius 1 is 1.10 bits per heavy atom. The Morgan fingerprint density at radius 2 is 1.86 bits per heavy atom. The Bertz CT molecular complexity index is 618. The summed E-state index contributed by atoms with van der Waals surface area (Å²) >= 11 is 0. The van der Waals surface area contributed by atoms with Crippen molar-refractivity contribution in [2.24, 2.45) is 4.99 Å². The molecule has 1 fully saturated rings. The summed E-state index contributed by atoms with van der Waals surface area (Å²) in [7, 11) is 5.16. The van der Waals surface area contributed by atoms with Crippen LogP contribution in [0.1, 0.15) is 44.2 Å². The molecule has 0 spiro atoms. The zero-order valence-corrected chi connectivity index (χ0v) is 18.5. The van der Waals surface area contributed by atoms with Crippen LogP contribution in [-0.4, -0.2) is 71.5 Å². The molecule has 0 saturated carbocycles. The molecule has 0 bridgehead atoms. The summed E-state index contributed by atoms with van der Waals surface area (Å²) in [6.45, 7) is 7.26. The van der Waals surface area contributed by atoms with E-state index < -0.39 is 0 Å². The number of aliphatic imine (C=N–C) groups is 1. The molecule has 1 saturated heterocycles. The second-order valence-corrected chi connectivity index (χ2v) is 7.22. The van der Waals surface area contributed by atoms with Gasteiger partial charge in [0.1, 0.15) is 0 Å². The van der Waals surface area contributed by atoms with E-state index in [0.29, 0.717) is 0 Å². The standard InChI is InChI=1S/C22H38N4O3/c1-5-6-7-8-11-24-22(23-2)25-17-19(26-12-14-29-15-13-26)18-9-10-20(27-3)21(16-18)28-4/h9-10,16,19H,5-8,11-15,17H2,1-4H3,(H2,23,24,25). The van der Waals surface area contributed by atoms with Gasteiger partial charge in [0.25, 0.3) is 0 Å². The molecule has 29 heavy (non-hydrogen) atoms. The highest BCUT2D eigenvalue weighted by atomic mass is 16.5. The molecule has 1 aromatic rings. The van der Waals surface area contributed by atoms with Crippen LogP contribution in [-0.2, 0) is 4.74 Å². The summed E-state index contributed by atoms with van der Waals surface area (Å²) in [5.74, 6) is 2.34. The Labute approximate surface area is 175 Å². The van der Waals surface area contributed by atoms with Crippen molar-refractivity contribution in [2.45, 2.75) is 38.6 Å². The molecule has 1 heterocycles. The van der Waals surface area contributed by atoms with E-state index in [1.165, 1.54) is 24.8 Å². The number of nitrogens with one attached hydrogen (secondary N) is 2. The van der Waals surface area contributed by atoms with E-state index in [9.17, 15) is 0 Å². The van der Waals surface area contributed by atoms with Crippen molar-refractivity contribution in [2.75, 3.05) is 60.7 Å². The molecule has 7 nitrogen and oxygen atoms in total. The largest absolute Gasteiger partial charge is 0.493 e. The molecule has 1 aliphatic rings. The number of methoxy groups -OCH3 is 2. The SMILES string of the molecule is CCCCCCNC(=NC)NCC(c1ccc(OC)c(OC)c1)N1CCOCC1. The third-order valence-corrected chi connectivity index (χ3v) is 5.29. The fourth-order valence-corrected chi connectivity index (χ4v) is 3.58. The number of hydrogen-bond acceptors (Lipinski definition) is 5. The van der Waals surface area contributed by atoms with Gasteiger partial charge in [0.05, 0.1) is 33.5 Å². The monoisotopic (exact) mass is 406 g/mol. The molecule has 1 aromatic carbocycles. The first-order valence-corrected chi connectivity index (χ1v) is 10.7. The smallest absolute Gasteiger partial charge is 0.191 e. The zero-order valence-electron chi connectivity index (χ0n) is 18.5. The number of nitrogens with zero attached hydrogens (tertiary/aromatic N) is 2. The maximum absolute atomic E-state index is 5.56. The van der Waals surface area contributed by atoms with Crippen LogP contribution in [0.2, 0.25) is 0 Å². The lowest BCUT2D eigenvalue weighted by atomic mass is 10.0. The molecule has 1 aliphatic heterocycles. The number of hydrogen-bond donors (Lipinski definition) is 2. The van der Waals surface area contributed by atoms with E-state index >= 15 is 0 Å². The van der Waals surface area contributed by atoms with E-state index in [1.54, 1.807) is 14.2 Å². The van der Waals surface area contributed by atoms with E-state index in [-0.39, 0.29) is 6.04 Å². The van der Waals surface area contributed by atoms with Gasteiger partial charge in [0.15, 0.2) is 17.5 Å². The number of rotatable bonds is 11. The maximum Gasteiger partial charge on any atom is 0.191 e. The van der Waals surface area contributed by atoms with Crippen LogP contribution in [0.3, 0.4) is 0 Å². The van der Waals surface area contributed by atoms with Crippen molar-refractivity contribution < 1.29 is 14.2 Å². The van der Waals surface area contributed by atoms with Crippen molar-refractivity contribution in [1.29, 1.82) is 0 Å². The lowest BCUT2D eigenvalue weighted by Gasteiger charge is -2.35. The summed E-state index contributed by atoms with van der Waals surface area (Å²) in [6.07, 6.45) is 4.95. The first kappa shape index (κ1) is 23.3. The van der Waals surface area contributed by atoms with Gasteiger partial charge in [-0.1, -0.05) is 32.3 Å². The Hall–Kier alpha value is -1.99. The topological polar surface area (TPSA) is 67.4 Å². The van der Waals surface area contributed by atoms with Gasteiger partial charge in [0.2, 0.25) is 0 Å².